The highest BCUT2D eigenvalue weighted by Crippen LogP contribution is 2.32. The van der Waals surface area contributed by atoms with Crippen molar-refractivity contribution < 1.29 is 4.92 Å². The number of pyridine rings is 1. The van der Waals surface area contributed by atoms with Crippen LogP contribution in [0.1, 0.15) is 5.56 Å². The van der Waals surface area contributed by atoms with E-state index in [-0.39, 0.29) is 5.69 Å². The van der Waals surface area contributed by atoms with E-state index in [1.165, 1.54) is 23.9 Å². The van der Waals surface area contributed by atoms with Gasteiger partial charge in [-0.05, 0) is 24.3 Å². The molecule has 0 aliphatic carbocycles. The number of nitro benzene ring substituents is 1. The number of non-ortho nitro benzene ring substituents is 1. The summed E-state index contributed by atoms with van der Waals surface area (Å²) in [7, 11) is 0. The minimum absolute atomic E-state index is 0.0568. The average Bonchev–Trinajstić information content (AvgIpc) is 2.86. The monoisotopic (exact) mass is 295 g/mol. The average molecular weight is 295 g/mol. The van der Waals surface area contributed by atoms with E-state index in [1.807, 2.05) is 34.9 Å². The summed E-state index contributed by atoms with van der Waals surface area (Å²) in [5.74, 6) is 0. The van der Waals surface area contributed by atoms with Crippen LogP contribution in [0.25, 0.3) is 5.52 Å². The molecule has 0 saturated carbocycles. The van der Waals surface area contributed by atoms with Gasteiger partial charge in [-0.1, -0.05) is 23.9 Å². The second-order valence-electron chi connectivity index (χ2n) is 4.32. The molecule has 3 aromatic rings. The van der Waals surface area contributed by atoms with Crippen molar-refractivity contribution in [3.8, 4) is 6.07 Å². The summed E-state index contributed by atoms with van der Waals surface area (Å²) in [6, 6.07) is 16.0. The van der Waals surface area contributed by atoms with Gasteiger partial charge in [0.15, 0.2) is 0 Å². The first-order chi connectivity index (χ1) is 10.2. The molecule has 0 saturated heterocycles. The first-order valence-corrected chi connectivity index (χ1v) is 6.93. The molecule has 0 spiro atoms. The van der Waals surface area contributed by atoms with Gasteiger partial charge in [-0.25, -0.2) is 0 Å². The molecule has 0 N–H and O–H groups in total. The van der Waals surface area contributed by atoms with Crippen LogP contribution in [0.2, 0.25) is 0 Å². The van der Waals surface area contributed by atoms with Gasteiger partial charge in [0.05, 0.1) is 21.0 Å². The first-order valence-electron chi connectivity index (χ1n) is 6.11. The summed E-state index contributed by atoms with van der Waals surface area (Å²) in [6.07, 6.45) is 1.87. The fourth-order valence-electron chi connectivity index (χ4n) is 2.07. The van der Waals surface area contributed by atoms with Crippen LogP contribution >= 0.6 is 11.8 Å². The molecular weight excluding hydrogens is 286 g/mol. The molecule has 3 rings (SSSR count). The summed E-state index contributed by atoms with van der Waals surface area (Å²) in [4.78, 5) is 11.2. The van der Waals surface area contributed by atoms with Crippen molar-refractivity contribution >= 4 is 23.0 Å². The Morgan fingerprint density at radius 3 is 2.81 bits per heavy atom. The largest absolute Gasteiger partial charge is 0.310 e. The lowest BCUT2D eigenvalue weighted by Crippen LogP contribution is -1.88. The van der Waals surface area contributed by atoms with Crippen molar-refractivity contribution in [1.29, 1.82) is 5.26 Å². The van der Waals surface area contributed by atoms with Crippen molar-refractivity contribution in [3.05, 3.63) is 70.4 Å². The number of benzene rings is 1. The molecule has 0 atom stereocenters. The Hall–Kier alpha value is -2.78. The fraction of sp³-hybridized carbons (Fsp3) is 0. The minimum atomic E-state index is -0.416. The molecule has 2 heterocycles. The third kappa shape index (κ3) is 2.47. The van der Waals surface area contributed by atoms with Gasteiger partial charge in [0.25, 0.3) is 5.69 Å². The van der Waals surface area contributed by atoms with Gasteiger partial charge in [-0.3, -0.25) is 10.1 Å². The van der Waals surface area contributed by atoms with Gasteiger partial charge >= 0.3 is 0 Å². The molecule has 1 aromatic carbocycles. The van der Waals surface area contributed by atoms with Gasteiger partial charge in [0.2, 0.25) is 0 Å². The van der Waals surface area contributed by atoms with Crippen LogP contribution in [0.15, 0.2) is 64.6 Å². The van der Waals surface area contributed by atoms with Gasteiger partial charge in [0.1, 0.15) is 6.07 Å². The van der Waals surface area contributed by atoms with Crippen molar-refractivity contribution in [1.82, 2.24) is 4.40 Å². The lowest BCUT2D eigenvalue weighted by Gasteiger charge is -2.02. The Morgan fingerprint density at radius 1 is 1.19 bits per heavy atom. The molecule has 102 valence electrons. The van der Waals surface area contributed by atoms with Gasteiger partial charge < -0.3 is 4.40 Å². The number of rotatable bonds is 3. The van der Waals surface area contributed by atoms with E-state index in [2.05, 4.69) is 6.07 Å². The second kappa shape index (κ2) is 5.31. The van der Waals surface area contributed by atoms with Crippen LogP contribution in [0, 0.1) is 21.4 Å². The molecule has 21 heavy (non-hydrogen) atoms. The van der Waals surface area contributed by atoms with E-state index in [1.54, 1.807) is 12.1 Å². The highest BCUT2D eigenvalue weighted by Gasteiger charge is 2.11. The van der Waals surface area contributed by atoms with Gasteiger partial charge in [-0.2, -0.15) is 5.26 Å². The quantitative estimate of drug-likeness (QED) is 0.543. The molecule has 0 unspecified atom stereocenters. The third-order valence-electron chi connectivity index (χ3n) is 3.01. The molecule has 0 aliphatic rings. The zero-order valence-electron chi connectivity index (χ0n) is 10.8. The van der Waals surface area contributed by atoms with E-state index in [0.717, 1.165) is 15.4 Å². The maximum atomic E-state index is 10.8. The maximum Gasteiger partial charge on any atom is 0.270 e. The van der Waals surface area contributed by atoms with Crippen molar-refractivity contribution in [2.75, 3.05) is 0 Å². The zero-order chi connectivity index (χ0) is 14.8. The standard InChI is InChI=1S/C15H9N3O2S/c16-10-11-8-15(17-7-2-1-6-14(11)17)21-13-5-3-4-12(9-13)18(19)20/h1-9H. The smallest absolute Gasteiger partial charge is 0.270 e. The van der Waals surface area contributed by atoms with Crippen LogP contribution < -0.4 is 0 Å². The molecule has 0 bridgehead atoms. The molecule has 5 nitrogen and oxygen atoms in total. The molecule has 0 fully saturated rings. The Morgan fingerprint density at radius 2 is 2.05 bits per heavy atom. The summed E-state index contributed by atoms with van der Waals surface area (Å²) in [6.45, 7) is 0. The van der Waals surface area contributed by atoms with Gasteiger partial charge in [-0.15, -0.1) is 0 Å². The summed E-state index contributed by atoms with van der Waals surface area (Å²) in [5, 5.41) is 20.8. The number of nitro groups is 1. The van der Waals surface area contributed by atoms with Crippen molar-refractivity contribution in [2.24, 2.45) is 0 Å². The number of nitrogens with zero attached hydrogens (tertiary/aromatic N) is 3. The molecule has 2 aromatic heterocycles. The Bertz CT molecular complexity index is 880. The SMILES string of the molecule is N#Cc1cc(Sc2cccc([N+](=O)[O-])c2)n2ccccc12. The van der Waals surface area contributed by atoms with Crippen LogP contribution in [-0.4, -0.2) is 9.32 Å². The molecular formula is C15H9N3O2S. The highest BCUT2D eigenvalue weighted by molar-refractivity contribution is 7.99. The third-order valence-corrected chi connectivity index (χ3v) is 4.03. The number of hydrogen-bond donors (Lipinski definition) is 0. The normalized spacial score (nSPS) is 10.4. The van der Waals surface area contributed by atoms with E-state index in [9.17, 15) is 15.4 Å². The number of nitriles is 1. The van der Waals surface area contributed by atoms with Gasteiger partial charge in [0, 0.05) is 23.2 Å². The van der Waals surface area contributed by atoms with E-state index >= 15 is 0 Å². The van der Waals surface area contributed by atoms with E-state index in [4.69, 9.17) is 0 Å². The number of aromatic nitrogens is 1. The second-order valence-corrected chi connectivity index (χ2v) is 5.41. The molecule has 0 amide bonds. The van der Waals surface area contributed by atoms with Crippen molar-refractivity contribution in [3.63, 3.8) is 0 Å². The summed E-state index contributed by atoms with van der Waals surface area (Å²) >= 11 is 1.39. The van der Waals surface area contributed by atoms with Crippen LogP contribution in [0.4, 0.5) is 5.69 Å². The number of fused-ring (bicyclic) bond motifs is 1. The zero-order valence-corrected chi connectivity index (χ0v) is 11.6. The number of hydrogen-bond acceptors (Lipinski definition) is 4. The Balaban J connectivity index is 2.05. The Kier molecular flexibility index (Phi) is 3.34. The fourth-order valence-corrected chi connectivity index (χ4v) is 3.07. The predicted octanol–water partition coefficient (Wildman–Crippen LogP) is 3.87. The van der Waals surface area contributed by atoms with Crippen LogP contribution in [-0.2, 0) is 0 Å². The molecule has 0 radical (unpaired) electrons. The summed E-state index contributed by atoms with van der Waals surface area (Å²) < 4.78 is 1.90. The topological polar surface area (TPSA) is 71.3 Å². The van der Waals surface area contributed by atoms with E-state index in [0.29, 0.717) is 5.56 Å². The lowest BCUT2D eigenvalue weighted by atomic mass is 10.3. The van der Waals surface area contributed by atoms with Crippen molar-refractivity contribution in [2.45, 2.75) is 9.92 Å². The van der Waals surface area contributed by atoms with Crippen LogP contribution in [0.5, 0.6) is 0 Å². The maximum absolute atomic E-state index is 10.8. The summed E-state index contributed by atoms with van der Waals surface area (Å²) in [5.41, 5.74) is 1.47. The highest BCUT2D eigenvalue weighted by atomic mass is 32.2. The first kappa shape index (κ1) is 13.2. The lowest BCUT2D eigenvalue weighted by molar-refractivity contribution is -0.385. The van der Waals surface area contributed by atoms with E-state index < -0.39 is 4.92 Å². The Labute approximate surface area is 124 Å². The predicted molar refractivity (Wildman–Crippen MR) is 79.3 cm³/mol. The minimum Gasteiger partial charge on any atom is -0.310 e. The van der Waals surface area contributed by atoms with Crippen LogP contribution in [0.3, 0.4) is 0 Å². The molecule has 0 aliphatic heterocycles. The molecule has 6 heteroatoms.